The number of hydrogen-bond donors (Lipinski definition) is 0. The summed E-state index contributed by atoms with van der Waals surface area (Å²) in [7, 11) is 0. The molecule has 2 aliphatic carbocycles. The van der Waals surface area contributed by atoms with Crippen molar-refractivity contribution in [3.63, 3.8) is 0 Å². The van der Waals surface area contributed by atoms with Crippen LogP contribution < -0.4 is 0 Å². The number of halogens is 3. The Hall–Kier alpha value is -0.990. The molecule has 2 saturated carbocycles. The van der Waals surface area contributed by atoms with Crippen molar-refractivity contribution in [2.75, 3.05) is 0 Å². The highest BCUT2D eigenvalue weighted by molar-refractivity contribution is 5.23. The Kier molecular flexibility index (Phi) is 7.66. The van der Waals surface area contributed by atoms with E-state index in [9.17, 15) is 13.2 Å². The molecule has 3 heteroatoms. The van der Waals surface area contributed by atoms with Gasteiger partial charge in [-0.1, -0.05) is 58.3 Å². The van der Waals surface area contributed by atoms with E-state index in [4.69, 9.17) is 0 Å². The molecular weight excluding hydrogens is 345 g/mol. The van der Waals surface area contributed by atoms with Crippen LogP contribution in [0.1, 0.15) is 102 Å². The Morgan fingerprint density at radius 1 is 0.741 bits per heavy atom. The largest absolute Gasteiger partial charge is 0.204 e. The molecule has 0 N–H and O–H groups in total. The molecule has 2 fully saturated rings. The summed E-state index contributed by atoms with van der Waals surface area (Å²) in [6, 6.07) is 2.40. The molecule has 0 aliphatic heterocycles. The highest BCUT2D eigenvalue weighted by Gasteiger charge is 2.28. The van der Waals surface area contributed by atoms with Crippen LogP contribution in [0.25, 0.3) is 0 Å². The van der Waals surface area contributed by atoms with E-state index in [1.54, 1.807) is 0 Å². The highest BCUT2D eigenvalue weighted by Crippen LogP contribution is 2.42. The minimum atomic E-state index is -1.35. The first-order chi connectivity index (χ1) is 13.1. The molecule has 1 aromatic carbocycles. The van der Waals surface area contributed by atoms with Crippen molar-refractivity contribution < 1.29 is 13.2 Å². The average molecular weight is 381 g/mol. The van der Waals surface area contributed by atoms with Gasteiger partial charge < -0.3 is 0 Å². The third-order valence-electron chi connectivity index (χ3n) is 7.17. The summed E-state index contributed by atoms with van der Waals surface area (Å²) in [6.45, 7) is 2.27. The van der Waals surface area contributed by atoms with Crippen LogP contribution in [-0.2, 0) is 0 Å². The maximum atomic E-state index is 13.5. The second-order valence-electron chi connectivity index (χ2n) is 9.13. The number of benzene rings is 1. The van der Waals surface area contributed by atoms with Crippen molar-refractivity contribution in [3.05, 3.63) is 35.1 Å². The molecule has 0 atom stereocenters. The highest BCUT2D eigenvalue weighted by atomic mass is 19.2. The molecule has 0 aromatic heterocycles. The van der Waals surface area contributed by atoms with E-state index in [0.29, 0.717) is 5.56 Å². The van der Waals surface area contributed by atoms with E-state index >= 15 is 0 Å². The standard InChI is InChI=1S/C24H35F3/c1-2-3-4-5-17-6-8-18(9-7-17)14-19-10-12-20(13-11-19)21-15-22(25)24(27)23(26)16-21/h15-20H,2-14H2,1H3. The van der Waals surface area contributed by atoms with E-state index in [2.05, 4.69) is 6.92 Å². The van der Waals surface area contributed by atoms with Crippen LogP contribution in [0.2, 0.25) is 0 Å². The fourth-order valence-electron chi connectivity index (χ4n) is 5.45. The van der Waals surface area contributed by atoms with Crippen molar-refractivity contribution >= 4 is 0 Å². The lowest BCUT2D eigenvalue weighted by Crippen LogP contribution is -2.20. The van der Waals surface area contributed by atoms with Crippen molar-refractivity contribution in [1.29, 1.82) is 0 Å². The van der Waals surface area contributed by atoms with Gasteiger partial charge in [-0.15, -0.1) is 0 Å². The summed E-state index contributed by atoms with van der Waals surface area (Å²) in [4.78, 5) is 0. The summed E-state index contributed by atoms with van der Waals surface area (Å²) in [5.41, 5.74) is 0.637. The summed E-state index contributed by atoms with van der Waals surface area (Å²) >= 11 is 0. The summed E-state index contributed by atoms with van der Waals surface area (Å²) in [5.74, 6) is -0.664. The van der Waals surface area contributed by atoms with Gasteiger partial charge in [0.2, 0.25) is 0 Å². The first-order valence-electron chi connectivity index (χ1n) is 11.2. The van der Waals surface area contributed by atoms with Gasteiger partial charge in [0.15, 0.2) is 17.5 Å². The summed E-state index contributed by atoms with van der Waals surface area (Å²) in [6.07, 6.45) is 16.7. The van der Waals surface area contributed by atoms with Crippen LogP contribution >= 0.6 is 0 Å². The minimum absolute atomic E-state index is 0.181. The zero-order valence-corrected chi connectivity index (χ0v) is 16.8. The third-order valence-corrected chi connectivity index (χ3v) is 7.17. The predicted molar refractivity (Wildman–Crippen MR) is 105 cm³/mol. The second kappa shape index (κ2) is 9.98. The maximum absolute atomic E-state index is 13.5. The quantitative estimate of drug-likeness (QED) is 0.331. The van der Waals surface area contributed by atoms with Crippen molar-refractivity contribution in [2.45, 2.75) is 96.3 Å². The van der Waals surface area contributed by atoms with Crippen molar-refractivity contribution in [3.8, 4) is 0 Å². The maximum Gasteiger partial charge on any atom is 0.194 e. The van der Waals surface area contributed by atoms with Crippen molar-refractivity contribution in [1.82, 2.24) is 0 Å². The van der Waals surface area contributed by atoms with Crippen LogP contribution in [0.5, 0.6) is 0 Å². The van der Waals surface area contributed by atoms with Crippen LogP contribution in [0.15, 0.2) is 12.1 Å². The van der Waals surface area contributed by atoms with E-state index in [1.807, 2.05) is 0 Å². The lowest BCUT2D eigenvalue weighted by molar-refractivity contribution is 0.199. The predicted octanol–water partition coefficient (Wildman–Crippen LogP) is 8.15. The van der Waals surface area contributed by atoms with E-state index in [0.717, 1.165) is 43.4 Å². The lowest BCUT2D eigenvalue weighted by Gasteiger charge is -2.34. The van der Waals surface area contributed by atoms with Gasteiger partial charge in [-0.2, -0.15) is 0 Å². The summed E-state index contributed by atoms with van der Waals surface area (Å²) in [5, 5.41) is 0. The third kappa shape index (κ3) is 5.74. The molecule has 0 heterocycles. The van der Waals surface area contributed by atoms with Gasteiger partial charge in [0, 0.05) is 0 Å². The minimum Gasteiger partial charge on any atom is -0.204 e. The van der Waals surface area contributed by atoms with Crippen LogP contribution in [0, 0.1) is 35.2 Å². The van der Waals surface area contributed by atoms with Crippen LogP contribution in [0.4, 0.5) is 13.2 Å². The Bertz CT molecular complexity index is 558. The van der Waals surface area contributed by atoms with Crippen LogP contribution in [0.3, 0.4) is 0 Å². The summed E-state index contributed by atoms with van der Waals surface area (Å²) < 4.78 is 40.2. The number of hydrogen-bond acceptors (Lipinski definition) is 0. The molecule has 1 aromatic rings. The molecule has 0 radical (unpaired) electrons. The van der Waals surface area contributed by atoms with Gasteiger partial charge >= 0.3 is 0 Å². The Labute approximate surface area is 162 Å². The topological polar surface area (TPSA) is 0 Å². The fourth-order valence-corrected chi connectivity index (χ4v) is 5.45. The first kappa shape index (κ1) is 20.7. The molecular formula is C24H35F3. The molecule has 152 valence electrons. The smallest absolute Gasteiger partial charge is 0.194 e. The first-order valence-corrected chi connectivity index (χ1v) is 11.2. The normalized spacial score (nSPS) is 29.0. The Morgan fingerprint density at radius 2 is 1.26 bits per heavy atom. The van der Waals surface area contributed by atoms with E-state index < -0.39 is 17.5 Å². The van der Waals surface area contributed by atoms with Gasteiger partial charge in [-0.3, -0.25) is 0 Å². The molecule has 3 rings (SSSR count). The molecule has 2 aliphatic rings. The molecule has 0 spiro atoms. The Balaban J connectivity index is 1.40. The molecule has 27 heavy (non-hydrogen) atoms. The van der Waals surface area contributed by atoms with Gasteiger partial charge in [-0.25, -0.2) is 13.2 Å². The average Bonchev–Trinajstić information content (AvgIpc) is 2.68. The van der Waals surface area contributed by atoms with Crippen LogP contribution in [-0.4, -0.2) is 0 Å². The molecule has 0 saturated heterocycles. The zero-order chi connectivity index (χ0) is 19.2. The lowest BCUT2D eigenvalue weighted by atomic mass is 9.71. The number of unbranched alkanes of at least 4 members (excludes halogenated alkanes) is 2. The van der Waals surface area contributed by atoms with Gasteiger partial charge in [0.1, 0.15) is 0 Å². The zero-order valence-electron chi connectivity index (χ0n) is 16.8. The molecule has 0 unspecified atom stereocenters. The molecule has 0 amide bonds. The number of rotatable bonds is 7. The molecule has 0 nitrogen and oxygen atoms in total. The SMILES string of the molecule is CCCCCC1CCC(CC2CCC(c3cc(F)c(F)c(F)c3)CC2)CC1. The Morgan fingerprint density at radius 3 is 1.81 bits per heavy atom. The van der Waals surface area contributed by atoms with E-state index in [1.165, 1.54) is 69.9 Å². The fraction of sp³-hybridized carbons (Fsp3) is 0.750. The second-order valence-corrected chi connectivity index (χ2v) is 9.13. The van der Waals surface area contributed by atoms with E-state index in [-0.39, 0.29) is 5.92 Å². The van der Waals surface area contributed by atoms with Gasteiger partial charge in [0.05, 0.1) is 0 Å². The van der Waals surface area contributed by atoms with Crippen molar-refractivity contribution in [2.24, 2.45) is 17.8 Å². The van der Waals surface area contributed by atoms with Gasteiger partial charge in [0.25, 0.3) is 0 Å². The monoisotopic (exact) mass is 380 g/mol. The van der Waals surface area contributed by atoms with Gasteiger partial charge in [-0.05, 0) is 73.5 Å². The molecule has 0 bridgehead atoms.